The van der Waals surface area contributed by atoms with Crippen LogP contribution in [0.5, 0.6) is 0 Å². The number of hydrogen-bond donors (Lipinski definition) is 1. The lowest BCUT2D eigenvalue weighted by atomic mass is 9.79. The van der Waals surface area contributed by atoms with Crippen LogP contribution in [0.4, 0.5) is 4.39 Å². The van der Waals surface area contributed by atoms with E-state index in [9.17, 15) is 13.7 Å². The smallest absolute Gasteiger partial charge is 0.141 e. The van der Waals surface area contributed by atoms with E-state index in [1.807, 2.05) is 6.07 Å². The summed E-state index contributed by atoms with van der Waals surface area (Å²) < 4.78 is 26.0. The molecule has 2 aliphatic rings. The van der Waals surface area contributed by atoms with Gasteiger partial charge in [0.2, 0.25) is 0 Å². The van der Waals surface area contributed by atoms with Crippen LogP contribution >= 0.6 is 0 Å². The first-order chi connectivity index (χ1) is 9.55. The predicted octanol–water partition coefficient (Wildman–Crippen LogP) is 2.35. The van der Waals surface area contributed by atoms with Crippen molar-refractivity contribution in [2.75, 3.05) is 0 Å². The van der Waals surface area contributed by atoms with Crippen molar-refractivity contribution in [1.29, 1.82) is 5.26 Å². The van der Waals surface area contributed by atoms with Gasteiger partial charge in [-0.3, -0.25) is 4.21 Å². The highest BCUT2D eigenvalue weighted by atomic mass is 32.2. The number of benzene rings is 1. The highest BCUT2D eigenvalue weighted by molar-refractivity contribution is 7.86. The Bertz CT molecular complexity index is 594. The molecule has 2 heterocycles. The summed E-state index contributed by atoms with van der Waals surface area (Å²) in [4.78, 5) is 0. The van der Waals surface area contributed by atoms with Gasteiger partial charge in [0.25, 0.3) is 0 Å². The van der Waals surface area contributed by atoms with E-state index in [-0.39, 0.29) is 16.1 Å². The molecule has 2 bridgehead atoms. The monoisotopic (exact) mass is 293 g/mol. The molecule has 3 nitrogen and oxygen atoms in total. The summed E-state index contributed by atoms with van der Waals surface area (Å²) in [7, 11) is -0.907. The van der Waals surface area contributed by atoms with Gasteiger partial charge in [-0.05, 0) is 31.7 Å². The van der Waals surface area contributed by atoms with Crippen LogP contribution < -0.4 is 0 Å². The van der Waals surface area contributed by atoms with Crippen molar-refractivity contribution in [1.82, 2.24) is 0 Å². The Kier molecular flexibility index (Phi) is 3.39. The standard InChI is InChI=1S/C15H16FNO2S/c16-14-6-2-5-13(12(14)9-17)15(18)7-10-3-1-4-11(8-15)20(10)19/h2,5-6,10-11,18H,1,3-4,7-8H2. The van der Waals surface area contributed by atoms with Crippen LogP contribution in [0.15, 0.2) is 18.2 Å². The number of nitrogens with zero attached hydrogens (tertiary/aromatic N) is 1. The lowest BCUT2D eigenvalue weighted by Crippen LogP contribution is -2.47. The Labute approximate surface area is 119 Å². The summed E-state index contributed by atoms with van der Waals surface area (Å²) in [5.41, 5.74) is -0.953. The van der Waals surface area contributed by atoms with Gasteiger partial charge >= 0.3 is 0 Å². The van der Waals surface area contributed by atoms with E-state index in [0.717, 1.165) is 19.3 Å². The van der Waals surface area contributed by atoms with Gasteiger partial charge in [-0.15, -0.1) is 0 Å². The molecule has 0 spiro atoms. The van der Waals surface area contributed by atoms with Crippen molar-refractivity contribution in [3.63, 3.8) is 0 Å². The number of rotatable bonds is 1. The first kappa shape index (κ1) is 13.7. The minimum atomic E-state index is -1.23. The van der Waals surface area contributed by atoms with Gasteiger partial charge in [0, 0.05) is 26.9 Å². The molecular formula is C15H16FNO2S. The molecular weight excluding hydrogens is 277 g/mol. The third-order valence-electron chi connectivity index (χ3n) is 4.47. The van der Waals surface area contributed by atoms with Crippen LogP contribution in [0.3, 0.4) is 0 Å². The predicted molar refractivity (Wildman–Crippen MR) is 73.8 cm³/mol. The van der Waals surface area contributed by atoms with Gasteiger partial charge in [0.1, 0.15) is 11.9 Å². The van der Waals surface area contributed by atoms with E-state index in [0.29, 0.717) is 18.4 Å². The molecule has 20 heavy (non-hydrogen) atoms. The van der Waals surface area contributed by atoms with Gasteiger partial charge in [0.05, 0.1) is 11.2 Å². The fraction of sp³-hybridized carbons (Fsp3) is 0.533. The Hall–Kier alpha value is -1.25. The van der Waals surface area contributed by atoms with E-state index in [1.165, 1.54) is 12.1 Å². The van der Waals surface area contributed by atoms with E-state index in [4.69, 9.17) is 5.26 Å². The van der Waals surface area contributed by atoms with E-state index in [1.54, 1.807) is 6.07 Å². The summed E-state index contributed by atoms with van der Waals surface area (Å²) in [6.07, 6.45) is 3.42. The van der Waals surface area contributed by atoms with Crippen LogP contribution in [0.25, 0.3) is 0 Å². The number of nitriles is 1. The Balaban J connectivity index is 2.04. The van der Waals surface area contributed by atoms with Crippen molar-refractivity contribution in [2.45, 2.75) is 48.2 Å². The second-order valence-corrected chi connectivity index (χ2v) is 7.71. The van der Waals surface area contributed by atoms with E-state index >= 15 is 0 Å². The fourth-order valence-corrected chi connectivity index (χ4v) is 5.75. The molecule has 2 unspecified atom stereocenters. The van der Waals surface area contributed by atoms with Gasteiger partial charge in [0.15, 0.2) is 0 Å². The molecule has 2 aliphatic heterocycles. The van der Waals surface area contributed by atoms with Crippen LogP contribution in [0.1, 0.15) is 43.2 Å². The molecule has 0 aliphatic carbocycles. The minimum Gasteiger partial charge on any atom is -0.385 e. The van der Waals surface area contributed by atoms with Crippen LogP contribution in [-0.2, 0) is 16.4 Å². The molecule has 2 saturated heterocycles. The molecule has 106 valence electrons. The Morgan fingerprint density at radius 2 is 2.00 bits per heavy atom. The fourth-order valence-electron chi connectivity index (χ4n) is 3.53. The molecule has 0 amide bonds. The topological polar surface area (TPSA) is 61.1 Å². The molecule has 3 rings (SSSR count). The number of fused-ring (bicyclic) bond motifs is 2. The second kappa shape index (κ2) is 4.94. The van der Waals surface area contributed by atoms with Crippen LogP contribution in [0, 0.1) is 17.1 Å². The zero-order chi connectivity index (χ0) is 14.3. The highest BCUT2D eigenvalue weighted by Crippen LogP contribution is 2.45. The lowest BCUT2D eigenvalue weighted by Gasteiger charge is -2.44. The molecule has 1 N–H and O–H groups in total. The summed E-state index contributed by atoms with van der Waals surface area (Å²) in [6, 6.07) is 6.22. The highest BCUT2D eigenvalue weighted by Gasteiger charge is 2.47. The summed E-state index contributed by atoms with van der Waals surface area (Å²) in [5.74, 6) is -0.602. The van der Waals surface area contributed by atoms with E-state index < -0.39 is 22.2 Å². The molecule has 0 radical (unpaired) electrons. The minimum absolute atomic E-state index is 0.0395. The van der Waals surface area contributed by atoms with Crippen LogP contribution in [-0.4, -0.2) is 19.8 Å². The van der Waals surface area contributed by atoms with Gasteiger partial charge < -0.3 is 5.11 Å². The van der Waals surface area contributed by atoms with E-state index in [2.05, 4.69) is 0 Å². The maximum absolute atomic E-state index is 13.7. The molecule has 2 atom stereocenters. The van der Waals surface area contributed by atoms with Crippen LogP contribution in [0.2, 0.25) is 0 Å². The number of halogens is 1. The summed E-state index contributed by atoms with van der Waals surface area (Å²) >= 11 is 0. The summed E-state index contributed by atoms with van der Waals surface area (Å²) in [6.45, 7) is 0. The molecule has 1 aromatic rings. The molecule has 0 aromatic heterocycles. The maximum atomic E-state index is 13.7. The first-order valence-electron chi connectivity index (χ1n) is 6.86. The summed E-state index contributed by atoms with van der Waals surface area (Å²) in [5, 5.41) is 20.0. The number of hydrogen-bond acceptors (Lipinski definition) is 3. The zero-order valence-electron chi connectivity index (χ0n) is 11.0. The van der Waals surface area contributed by atoms with Gasteiger partial charge in [-0.1, -0.05) is 18.6 Å². The normalized spacial score (nSPS) is 36.4. The van der Waals surface area contributed by atoms with Gasteiger partial charge in [-0.2, -0.15) is 5.26 Å². The molecule has 0 saturated carbocycles. The van der Waals surface area contributed by atoms with Crippen molar-refractivity contribution in [2.24, 2.45) is 0 Å². The molecule has 2 fully saturated rings. The van der Waals surface area contributed by atoms with Crippen molar-refractivity contribution in [3.8, 4) is 6.07 Å². The molecule has 5 heteroatoms. The third kappa shape index (κ3) is 2.07. The average Bonchev–Trinajstić information content (AvgIpc) is 2.40. The third-order valence-corrected chi connectivity index (χ3v) is 6.59. The SMILES string of the molecule is N#Cc1c(F)cccc1C1(O)CC2CCCC(C1)S2=O. The van der Waals surface area contributed by atoms with Crippen molar-refractivity contribution < 1.29 is 13.7 Å². The van der Waals surface area contributed by atoms with Crippen molar-refractivity contribution in [3.05, 3.63) is 35.1 Å². The zero-order valence-corrected chi connectivity index (χ0v) is 11.8. The first-order valence-corrected chi connectivity index (χ1v) is 8.13. The second-order valence-electron chi connectivity index (χ2n) is 5.72. The van der Waals surface area contributed by atoms with Crippen molar-refractivity contribution >= 4 is 10.8 Å². The Morgan fingerprint density at radius 1 is 1.35 bits per heavy atom. The maximum Gasteiger partial charge on any atom is 0.141 e. The largest absolute Gasteiger partial charge is 0.385 e. The quantitative estimate of drug-likeness (QED) is 0.864. The molecule has 1 aromatic carbocycles. The average molecular weight is 293 g/mol. The Morgan fingerprint density at radius 3 is 2.60 bits per heavy atom. The van der Waals surface area contributed by atoms with Gasteiger partial charge in [-0.25, -0.2) is 4.39 Å². The number of aliphatic hydroxyl groups is 1. The lowest BCUT2D eigenvalue weighted by molar-refractivity contribution is 0.00602.